The van der Waals surface area contributed by atoms with Crippen molar-refractivity contribution in [3.8, 4) is 0 Å². The van der Waals surface area contributed by atoms with E-state index in [-0.39, 0.29) is 0 Å². The normalized spacial score (nSPS) is 10.4. The van der Waals surface area contributed by atoms with Crippen molar-refractivity contribution in [3.05, 3.63) is 29.8 Å². The van der Waals surface area contributed by atoms with Gasteiger partial charge in [-0.25, -0.2) is 4.98 Å². The Bertz CT molecular complexity index is 431. The molecule has 12 heavy (non-hydrogen) atoms. The van der Waals surface area contributed by atoms with E-state index in [9.17, 15) is 4.79 Å². The number of furan rings is 1. The van der Waals surface area contributed by atoms with Crippen LogP contribution in [0.15, 0.2) is 22.8 Å². The highest BCUT2D eigenvalue weighted by Gasteiger charge is 2.03. The van der Waals surface area contributed by atoms with Crippen LogP contribution < -0.4 is 0 Å². The molecule has 60 valence electrons. The standard InChI is InChI=1S/C9H7NO2/c1-6-9-7(2-3-12-9)4-8(5-11)10-6/h2-5H,1H3. The van der Waals surface area contributed by atoms with Gasteiger partial charge >= 0.3 is 0 Å². The van der Waals surface area contributed by atoms with Gasteiger partial charge in [-0.1, -0.05) is 0 Å². The van der Waals surface area contributed by atoms with Gasteiger partial charge in [-0.05, 0) is 19.1 Å². The summed E-state index contributed by atoms with van der Waals surface area (Å²) in [6.07, 6.45) is 2.33. The first-order valence-corrected chi connectivity index (χ1v) is 3.61. The number of carbonyl (C=O) groups excluding carboxylic acids is 1. The van der Waals surface area contributed by atoms with Crippen LogP contribution in [0.3, 0.4) is 0 Å². The molecule has 0 aliphatic rings. The number of pyridine rings is 1. The molecule has 0 saturated heterocycles. The highest BCUT2D eigenvalue weighted by atomic mass is 16.3. The molecule has 0 amide bonds. The van der Waals surface area contributed by atoms with Crippen molar-refractivity contribution in [3.63, 3.8) is 0 Å². The molecule has 2 aromatic rings. The molecule has 0 saturated carbocycles. The van der Waals surface area contributed by atoms with Crippen molar-refractivity contribution in [2.24, 2.45) is 0 Å². The third-order valence-electron chi connectivity index (χ3n) is 1.75. The molecule has 2 aromatic heterocycles. The van der Waals surface area contributed by atoms with Gasteiger partial charge in [-0.15, -0.1) is 0 Å². The molecule has 3 nitrogen and oxygen atoms in total. The van der Waals surface area contributed by atoms with E-state index in [0.717, 1.165) is 22.9 Å². The SMILES string of the molecule is Cc1nc(C=O)cc2ccoc12. The Morgan fingerprint density at radius 3 is 3.17 bits per heavy atom. The third kappa shape index (κ3) is 0.906. The molecule has 0 atom stereocenters. The number of hydrogen-bond donors (Lipinski definition) is 0. The zero-order chi connectivity index (χ0) is 8.55. The second-order valence-electron chi connectivity index (χ2n) is 2.59. The molecule has 0 aliphatic heterocycles. The molecule has 0 aliphatic carbocycles. The van der Waals surface area contributed by atoms with Crippen molar-refractivity contribution in [1.82, 2.24) is 4.98 Å². The Labute approximate surface area is 69.0 Å². The molecule has 0 fully saturated rings. The largest absolute Gasteiger partial charge is 0.462 e. The molecule has 0 bridgehead atoms. The zero-order valence-electron chi connectivity index (χ0n) is 6.57. The van der Waals surface area contributed by atoms with E-state index in [0.29, 0.717) is 5.69 Å². The van der Waals surface area contributed by atoms with Gasteiger partial charge in [-0.2, -0.15) is 0 Å². The second kappa shape index (κ2) is 2.44. The van der Waals surface area contributed by atoms with Crippen molar-refractivity contribution in [1.29, 1.82) is 0 Å². The molecule has 2 rings (SSSR count). The quantitative estimate of drug-likeness (QED) is 0.600. The minimum Gasteiger partial charge on any atom is -0.462 e. The van der Waals surface area contributed by atoms with Crippen LogP contribution in [0.2, 0.25) is 0 Å². The molecule has 0 aromatic carbocycles. The maximum Gasteiger partial charge on any atom is 0.168 e. The first-order chi connectivity index (χ1) is 5.81. The lowest BCUT2D eigenvalue weighted by Gasteiger charge is -1.94. The monoisotopic (exact) mass is 161 g/mol. The molecule has 3 heteroatoms. The lowest BCUT2D eigenvalue weighted by atomic mass is 10.2. The molecule has 0 spiro atoms. The summed E-state index contributed by atoms with van der Waals surface area (Å²) in [6.45, 7) is 1.82. The van der Waals surface area contributed by atoms with Gasteiger partial charge in [0.1, 0.15) is 5.69 Å². The number of nitrogens with zero attached hydrogens (tertiary/aromatic N) is 1. The predicted molar refractivity (Wildman–Crippen MR) is 44.1 cm³/mol. The summed E-state index contributed by atoms with van der Waals surface area (Å²) in [5.74, 6) is 0. The van der Waals surface area contributed by atoms with Gasteiger partial charge in [0.25, 0.3) is 0 Å². The van der Waals surface area contributed by atoms with Crippen LogP contribution in [0.25, 0.3) is 11.0 Å². The van der Waals surface area contributed by atoms with E-state index in [1.165, 1.54) is 0 Å². The van der Waals surface area contributed by atoms with Gasteiger partial charge in [0, 0.05) is 5.39 Å². The molecule has 2 heterocycles. The first kappa shape index (κ1) is 7.03. The first-order valence-electron chi connectivity index (χ1n) is 3.61. The Balaban J connectivity index is 2.83. The highest BCUT2D eigenvalue weighted by Crippen LogP contribution is 2.18. The Morgan fingerprint density at radius 2 is 2.42 bits per heavy atom. The van der Waals surface area contributed by atoms with Crippen LogP contribution in [-0.2, 0) is 0 Å². The van der Waals surface area contributed by atoms with E-state index in [2.05, 4.69) is 4.98 Å². The summed E-state index contributed by atoms with van der Waals surface area (Å²) >= 11 is 0. The smallest absolute Gasteiger partial charge is 0.168 e. The molecule has 0 radical (unpaired) electrons. The fraction of sp³-hybridized carbons (Fsp3) is 0.111. The van der Waals surface area contributed by atoms with Gasteiger partial charge < -0.3 is 4.42 Å². The summed E-state index contributed by atoms with van der Waals surface area (Å²) in [5.41, 5.74) is 1.95. The summed E-state index contributed by atoms with van der Waals surface area (Å²) in [7, 11) is 0. The lowest BCUT2D eigenvalue weighted by Crippen LogP contribution is -1.89. The molecular formula is C9H7NO2. The number of hydrogen-bond acceptors (Lipinski definition) is 3. The van der Waals surface area contributed by atoms with Gasteiger partial charge in [-0.3, -0.25) is 4.79 Å². The topological polar surface area (TPSA) is 43.1 Å². The Morgan fingerprint density at radius 1 is 1.58 bits per heavy atom. The number of aryl methyl sites for hydroxylation is 1. The molecule has 0 unspecified atom stereocenters. The molecule has 0 N–H and O–H groups in total. The predicted octanol–water partition coefficient (Wildman–Crippen LogP) is 1.95. The van der Waals surface area contributed by atoms with Crippen LogP contribution in [0.1, 0.15) is 16.2 Å². The third-order valence-corrected chi connectivity index (χ3v) is 1.75. The van der Waals surface area contributed by atoms with Crippen molar-refractivity contribution < 1.29 is 9.21 Å². The number of aromatic nitrogens is 1. The average molecular weight is 161 g/mol. The maximum atomic E-state index is 10.4. The van der Waals surface area contributed by atoms with Gasteiger partial charge in [0.05, 0.1) is 12.0 Å². The van der Waals surface area contributed by atoms with Gasteiger partial charge in [0.2, 0.25) is 0 Å². The maximum absolute atomic E-state index is 10.4. The summed E-state index contributed by atoms with van der Waals surface area (Å²) in [5, 5.41) is 0.921. The van der Waals surface area contributed by atoms with Crippen molar-refractivity contribution >= 4 is 17.3 Å². The zero-order valence-corrected chi connectivity index (χ0v) is 6.57. The fourth-order valence-electron chi connectivity index (χ4n) is 1.22. The van der Waals surface area contributed by atoms with Crippen molar-refractivity contribution in [2.45, 2.75) is 6.92 Å². The number of rotatable bonds is 1. The van der Waals surface area contributed by atoms with Crippen LogP contribution in [0.4, 0.5) is 0 Å². The van der Waals surface area contributed by atoms with Gasteiger partial charge in [0.15, 0.2) is 11.9 Å². The Hall–Kier alpha value is -1.64. The van der Waals surface area contributed by atoms with Crippen LogP contribution in [0.5, 0.6) is 0 Å². The highest BCUT2D eigenvalue weighted by molar-refractivity contribution is 5.85. The average Bonchev–Trinajstić information content (AvgIpc) is 2.52. The fourth-order valence-corrected chi connectivity index (χ4v) is 1.22. The van der Waals surface area contributed by atoms with E-state index < -0.39 is 0 Å². The lowest BCUT2D eigenvalue weighted by molar-refractivity contribution is 0.111. The number of aldehydes is 1. The van der Waals surface area contributed by atoms with E-state index in [1.807, 2.05) is 13.0 Å². The minimum absolute atomic E-state index is 0.446. The van der Waals surface area contributed by atoms with E-state index in [1.54, 1.807) is 12.3 Å². The van der Waals surface area contributed by atoms with Crippen LogP contribution in [0, 0.1) is 6.92 Å². The summed E-state index contributed by atoms with van der Waals surface area (Å²) in [4.78, 5) is 14.5. The molecular weight excluding hydrogens is 154 g/mol. The second-order valence-corrected chi connectivity index (χ2v) is 2.59. The Kier molecular flexibility index (Phi) is 1.43. The van der Waals surface area contributed by atoms with Crippen molar-refractivity contribution in [2.75, 3.05) is 0 Å². The number of carbonyl (C=O) groups is 1. The van der Waals surface area contributed by atoms with Crippen LogP contribution >= 0.6 is 0 Å². The van der Waals surface area contributed by atoms with Crippen LogP contribution in [-0.4, -0.2) is 11.3 Å². The number of fused-ring (bicyclic) bond motifs is 1. The van der Waals surface area contributed by atoms with E-state index in [4.69, 9.17) is 4.42 Å². The summed E-state index contributed by atoms with van der Waals surface area (Å²) in [6, 6.07) is 3.52. The minimum atomic E-state index is 0.446. The summed E-state index contributed by atoms with van der Waals surface area (Å²) < 4.78 is 5.17. The van der Waals surface area contributed by atoms with E-state index >= 15 is 0 Å².